The van der Waals surface area contributed by atoms with E-state index in [1.807, 2.05) is 0 Å². The monoisotopic (exact) mass is 130 g/mol. The van der Waals surface area contributed by atoms with Gasteiger partial charge >= 0.3 is 0 Å². The molecule has 9 heavy (non-hydrogen) atoms. The highest BCUT2D eigenvalue weighted by Gasteiger charge is 1.45. The first-order chi connectivity index (χ1) is 4.15. The van der Waals surface area contributed by atoms with E-state index >= 15 is 0 Å². The van der Waals surface area contributed by atoms with Crippen molar-refractivity contribution in [2.24, 2.45) is 0 Å². The minimum atomic E-state index is -2.33. The minimum absolute atomic E-state index is 1.31. The van der Waals surface area contributed by atoms with Crippen LogP contribution in [0.25, 0.3) is 0 Å². The zero-order chi connectivity index (χ0) is 7.70. The largest absolute Gasteiger partial charge is 0.652 e. The molecule has 0 aromatic rings. The lowest BCUT2D eigenvalue weighted by Crippen LogP contribution is -2.37. The molecule has 0 aliphatic heterocycles. The van der Waals surface area contributed by atoms with Gasteiger partial charge in [-0.2, -0.15) is 0 Å². The second-order valence-corrected chi connectivity index (χ2v) is 0.719. The Kier molecular flexibility index (Phi) is 11.4. The molecule has 0 aromatic carbocycles. The van der Waals surface area contributed by atoms with Gasteiger partial charge in [0.2, 0.25) is 0 Å². The first-order valence-corrected chi connectivity index (χ1v) is 1.90. The maximum absolute atomic E-state index is 8.33. The standard InChI is InChI=1S/C4H6O.CH2O3/c1-3-5-4-2;2-1(3)4/h3-4H,1-2H2;(H2,2,3,4)/p-2. The Morgan fingerprint density at radius 1 is 1.33 bits per heavy atom. The topological polar surface area (TPSA) is 72.4 Å². The van der Waals surface area contributed by atoms with Gasteiger partial charge in [0.15, 0.2) is 0 Å². The quantitative estimate of drug-likeness (QED) is 0.442. The van der Waals surface area contributed by atoms with Crippen molar-refractivity contribution in [3.05, 3.63) is 25.7 Å². The SMILES string of the molecule is C=COC=C.O=C([O-])[O-]. The summed E-state index contributed by atoms with van der Waals surface area (Å²) in [5.74, 6) is 0. The zero-order valence-electron chi connectivity index (χ0n) is 4.70. The maximum Gasteiger partial charge on any atom is 0.0829 e. The van der Waals surface area contributed by atoms with E-state index in [-0.39, 0.29) is 0 Å². The Balaban J connectivity index is 0. The molecule has 4 heteroatoms. The first-order valence-electron chi connectivity index (χ1n) is 1.90. The molecule has 0 aliphatic carbocycles. The molecule has 0 amide bonds. The third-order valence-electron chi connectivity index (χ3n) is 0.192. The molecule has 0 saturated carbocycles. The minimum Gasteiger partial charge on any atom is -0.652 e. The summed E-state index contributed by atoms with van der Waals surface area (Å²) in [7, 11) is 0. The predicted octanol–water partition coefficient (Wildman–Crippen LogP) is -1.16. The molecule has 0 spiro atoms. The molecule has 0 rings (SSSR count). The van der Waals surface area contributed by atoms with Crippen LogP contribution < -0.4 is 10.2 Å². The van der Waals surface area contributed by atoms with E-state index in [0.29, 0.717) is 0 Å². The molecule has 52 valence electrons. The van der Waals surface area contributed by atoms with E-state index in [1.165, 1.54) is 12.5 Å². The number of rotatable bonds is 2. The molecule has 0 N–H and O–H groups in total. The number of ether oxygens (including phenoxy) is 1. The highest BCUT2D eigenvalue weighted by Crippen LogP contribution is 1.65. The molecule has 0 bridgehead atoms. The highest BCUT2D eigenvalue weighted by molar-refractivity contribution is 5.47. The second-order valence-electron chi connectivity index (χ2n) is 0.719. The van der Waals surface area contributed by atoms with Crippen molar-refractivity contribution in [3.8, 4) is 0 Å². The lowest BCUT2D eigenvalue weighted by molar-refractivity contribution is -0.415. The van der Waals surface area contributed by atoms with Crippen LogP contribution in [-0.2, 0) is 4.74 Å². The molecule has 0 unspecified atom stereocenters. The van der Waals surface area contributed by atoms with Crippen LogP contribution in [0.2, 0.25) is 0 Å². The Labute approximate surface area is 52.7 Å². The Morgan fingerprint density at radius 3 is 1.56 bits per heavy atom. The van der Waals surface area contributed by atoms with Crippen molar-refractivity contribution in [2.45, 2.75) is 0 Å². The smallest absolute Gasteiger partial charge is 0.0829 e. The van der Waals surface area contributed by atoms with Crippen LogP contribution in [0.5, 0.6) is 0 Å². The normalized spacial score (nSPS) is 5.78. The number of carbonyl (C=O) groups is 1. The summed E-state index contributed by atoms with van der Waals surface area (Å²) in [6, 6.07) is 0. The van der Waals surface area contributed by atoms with E-state index < -0.39 is 6.16 Å². The van der Waals surface area contributed by atoms with Crippen molar-refractivity contribution in [2.75, 3.05) is 0 Å². The first kappa shape index (κ1) is 10.5. The van der Waals surface area contributed by atoms with Crippen LogP contribution in [0.1, 0.15) is 0 Å². The Hall–Kier alpha value is -1.45. The number of hydrogen-bond donors (Lipinski definition) is 0. The third-order valence-corrected chi connectivity index (χ3v) is 0.192. The molecule has 0 fully saturated rings. The van der Waals surface area contributed by atoms with Gasteiger partial charge < -0.3 is 19.7 Å². The summed E-state index contributed by atoms with van der Waals surface area (Å²) >= 11 is 0. The van der Waals surface area contributed by atoms with Gasteiger partial charge in [-0.15, -0.1) is 0 Å². The van der Waals surface area contributed by atoms with Gasteiger partial charge in [0.25, 0.3) is 0 Å². The van der Waals surface area contributed by atoms with Crippen LogP contribution in [0.15, 0.2) is 25.7 Å². The van der Waals surface area contributed by atoms with Gasteiger partial charge in [0.1, 0.15) is 0 Å². The van der Waals surface area contributed by atoms with Crippen LogP contribution in [0.4, 0.5) is 4.79 Å². The second kappa shape index (κ2) is 9.75. The molecule has 0 atom stereocenters. The summed E-state index contributed by atoms with van der Waals surface area (Å²) in [6.07, 6.45) is 0.292. The molecule has 0 radical (unpaired) electrons. The van der Waals surface area contributed by atoms with Crippen molar-refractivity contribution in [1.82, 2.24) is 0 Å². The van der Waals surface area contributed by atoms with Gasteiger partial charge in [-0.05, 0) is 6.16 Å². The number of hydrogen-bond acceptors (Lipinski definition) is 4. The lowest BCUT2D eigenvalue weighted by atomic mass is 11.1. The molecule has 0 saturated heterocycles. The average Bonchev–Trinajstić information content (AvgIpc) is 1.66. The fourth-order valence-electron chi connectivity index (χ4n) is 0.0680. The van der Waals surface area contributed by atoms with Crippen molar-refractivity contribution < 1.29 is 19.7 Å². The van der Waals surface area contributed by atoms with Crippen LogP contribution in [0, 0.1) is 0 Å². The van der Waals surface area contributed by atoms with Gasteiger partial charge in [-0.1, -0.05) is 13.2 Å². The fraction of sp³-hybridized carbons (Fsp3) is 0. The van der Waals surface area contributed by atoms with Crippen molar-refractivity contribution in [3.63, 3.8) is 0 Å². The van der Waals surface area contributed by atoms with Crippen LogP contribution >= 0.6 is 0 Å². The third kappa shape index (κ3) is 448. The van der Waals surface area contributed by atoms with Crippen molar-refractivity contribution >= 4 is 6.16 Å². The van der Waals surface area contributed by atoms with Gasteiger partial charge in [-0.3, -0.25) is 0 Å². The molecule has 0 heterocycles. The van der Waals surface area contributed by atoms with E-state index in [0.717, 1.165) is 0 Å². The Bertz CT molecular complexity index is 87.1. The lowest BCUT2D eigenvalue weighted by Gasteiger charge is -1.96. The van der Waals surface area contributed by atoms with Crippen LogP contribution in [0.3, 0.4) is 0 Å². The van der Waals surface area contributed by atoms with Gasteiger partial charge in [0, 0.05) is 0 Å². The van der Waals surface area contributed by atoms with Gasteiger partial charge in [-0.25, -0.2) is 0 Å². The van der Waals surface area contributed by atoms with E-state index in [9.17, 15) is 0 Å². The Morgan fingerprint density at radius 2 is 1.56 bits per heavy atom. The fourth-order valence-corrected chi connectivity index (χ4v) is 0.0680. The summed E-state index contributed by atoms with van der Waals surface area (Å²) in [4.78, 5) is 8.33. The summed E-state index contributed by atoms with van der Waals surface area (Å²) < 4.78 is 4.36. The average molecular weight is 130 g/mol. The molecular weight excluding hydrogens is 124 g/mol. The molecule has 4 nitrogen and oxygen atoms in total. The van der Waals surface area contributed by atoms with E-state index in [4.69, 9.17) is 15.0 Å². The zero-order valence-corrected chi connectivity index (χ0v) is 4.70. The van der Waals surface area contributed by atoms with E-state index in [1.54, 1.807) is 0 Å². The van der Waals surface area contributed by atoms with E-state index in [2.05, 4.69) is 17.9 Å². The summed E-state index contributed by atoms with van der Waals surface area (Å²) in [6.45, 7) is 6.51. The predicted molar refractivity (Wildman–Crippen MR) is 26.9 cm³/mol. The van der Waals surface area contributed by atoms with Crippen LogP contribution in [-0.4, -0.2) is 6.16 Å². The number of carbonyl (C=O) groups excluding carboxylic acids is 1. The molecule has 0 aliphatic rings. The van der Waals surface area contributed by atoms with Gasteiger partial charge in [0.05, 0.1) is 12.5 Å². The van der Waals surface area contributed by atoms with Crippen molar-refractivity contribution in [1.29, 1.82) is 0 Å². The highest BCUT2D eigenvalue weighted by atomic mass is 16.6. The summed E-state index contributed by atoms with van der Waals surface area (Å²) in [5, 5.41) is 16.7. The number of carboxylic acid groups (broad SMARTS) is 2. The molecule has 0 aromatic heterocycles. The summed E-state index contributed by atoms with van der Waals surface area (Å²) in [5.41, 5.74) is 0. The maximum atomic E-state index is 8.33. The molecular formula is C5H6O4-2.